The van der Waals surface area contributed by atoms with Gasteiger partial charge < -0.3 is 0 Å². The van der Waals surface area contributed by atoms with E-state index in [0.29, 0.717) is 25.1 Å². The number of rotatable bonds is 6. The number of halogens is 12. The third-order valence-corrected chi connectivity index (χ3v) is 7.56. The van der Waals surface area contributed by atoms with E-state index in [1.807, 2.05) is 13.8 Å². The van der Waals surface area contributed by atoms with E-state index in [0.717, 1.165) is 0 Å². The van der Waals surface area contributed by atoms with Gasteiger partial charge in [0.15, 0.2) is 69.8 Å². The van der Waals surface area contributed by atoms with Gasteiger partial charge in [0.1, 0.15) is 0 Å². The summed E-state index contributed by atoms with van der Waals surface area (Å²) in [4.78, 5) is 0. The zero-order chi connectivity index (χ0) is 35.1. The quantitative estimate of drug-likeness (QED) is 0.142. The lowest BCUT2D eigenvalue weighted by Gasteiger charge is -2.19. The molecular weight excluding hydrogens is 636 g/mol. The van der Waals surface area contributed by atoms with Crippen molar-refractivity contribution in [3.8, 4) is 33.4 Å². The first-order valence-corrected chi connectivity index (χ1v) is 14.2. The van der Waals surface area contributed by atoms with Crippen molar-refractivity contribution >= 4 is 0 Å². The fourth-order valence-corrected chi connectivity index (χ4v) is 5.00. The molecular formula is C34H28F12. The highest BCUT2D eigenvalue weighted by Gasteiger charge is 2.32. The molecule has 0 aliphatic carbocycles. The van der Waals surface area contributed by atoms with Gasteiger partial charge in [0, 0.05) is 16.7 Å². The minimum atomic E-state index is -2.05. The standard InChI is InChI=1S/C32H22F12.C2H6/c1-6-11(4)17-25(37)31(43)20(32(44)26(17)38)15-8-13(18-27(39)21(33)12(5)22(34)28(18)40)7-14(9-15)19-29(41)23(35)16(10(2)3)24(36)30(19)42;1-2/h7-11H,6H2,1-5H3;1-2H3. The van der Waals surface area contributed by atoms with Crippen molar-refractivity contribution in [2.75, 3.05) is 0 Å². The van der Waals surface area contributed by atoms with E-state index in [1.165, 1.54) is 27.7 Å². The SMILES string of the molecule is CC.CCC(C)c1c(F)c(F)c(-c2cc(-c3c(F)c(F)c(C)c(F)c3F)cc(-c3c(F)c(F)c(C(C)C)c(F)c3F)c2)c(F)c1F. The molecule has 248 valence electrons. The Labute approximate surface area is 257 Å². The maximum Gasteiger partial charge on any atom is 0.170 e. The minimum Gasteiger partial charge on any atom is -0.203 e. The van der Waals surface area contributed by atoms with E-state index in [-0.39, 0.29) is 6.42 Å². The molecule has 0 saturated carbocycles. The van der Waals surface area contributed by atoms with Gasteiger partial charge in [-0.25, -0.2) is 52.7 Å². The summed E-state index contributed by atoms with van der Waals surface area (Å²) >= 11 is 0. The van der Waals surface area contributed by atoms with E-state index in [4.69, 9.17) is 0 Å². The van der Waals surface area contributed by atoms with Gasteiger partial charge in [-0.05, 0) is 60.1 Å². The molecule has 1 atom stereocenters. The second kappa shape index (κ2) is 13.8. The lowest BCUT2D eigenvalue weighted by Crippen LogP contribution is -2.10. The van der Waals surface area contributed by atoms with Crippen LogP contribution in [0.1, 0.15) is 76.5 Å². The molecule has 0 aromatic heterocycles. The Morgan fingerprint density at radius 2 is 0.696 bits per heavy atom. The molecule has 0 aliphatic rings. The van der Waals surface area contributed by atoms with Crippen LogP contribution in [0.15, 0.2) is 18.2 Å². The van der Waals surface area contributed by atoms with Crippen LogP contribution in [-0.4, -0.2) is 0 Å². The van der Waals surface area contributed by atoms with E-state index in [1.54, 1.807) is 0 Å². The average Bonchev–Trinajstić information content (AvgIpc) is 3.02. The maximum absolute atomic E-state index is 15.4. The fraction of sp³-hybridized carbons (Fsp3) is 0.294. The minimum absolute atomic E-state index is 0.0386. The fourth-order valence-electron chi connectivity index (χ4n) is 5.00. The van der Waals surface area contributed by atoms with Crippen molar-refractivity contribution in [1.82, 2.24) is 0 Å². The van der Waals surface area contributed by atoms with Crippen LogP contribution in [0.2, 0.25) is 0 Å². The van der Waals surface area contributed by atoms with Gasteiger partial charge in [0.2, 0.25) is 0 Å². The molecule has 46 heavy (non-hydrogen) atoms. The molecule has 12 heteroatoms. The molecule has 0 heterocycles. The van der Waals surface area contributed by atoms with Gasteiger partial charge >= 0.3 is 0 Å². The summed E-state index contributed by atoms with van der Waals surface area (Å²) in [6, 6.07) is 1.32. The lowest BCUT2D eigenvalue weighted by molar-refractivity contribution is 0.431. The average molecular weight is 665 g/mol. The molecule has 4 aromatic rings. The topological polar surface area (TPSA) is 0 Å². The Kier molecular flexibility index (Phi) is 11.0. The van der Waals surface area contributed by atoms with Gasteiger partial charge in [0.25, 0.3) is 0 Å². The summed E-state index contributed by atoms with van der Waals surface area (Å²) in [5.74, 6) is -25.7. The van der Waals surface area contributed by atoms with Crippen LogP contribution in [0.3, 0.4) is 0 Å². The third-order valence-electron chi connectivity index (χ3n) is 7.56. The highest BCUT2D eigenvalue weighted by atomic mass is 19.2. The van der Waals surface area contributed by atoms with Crippen molar-refractivity contribution in [1.29, 1.82) is 0 Å². The van der Waals surface area contributed by atoms with Crippen LogP contribution in [0.5, 0.6) is 0 Å². The van der Waals surface area contributed by atoms with Crippen molar-refractivity contribution in [2.45, 2.75) is 66.7 Å². The van der Waals surface area contributed by atoms with Crippen LogP contribution >= 0.6 is 0 Å². The van der Waals surface area contributed by atoms with E-state index >= 15 is 35.1 Å². The van der Waals surface area contributed by atoms with E-state index < -0.39 is 132 Å². The van der Waals surface area contributed by atoms with Crippen LogP contribution < -0.4 is 0 Å². The Morgan fingerprint density at radius 1 is 0.435 bits per heavy atom. The van der Waals surface area contributed by atoms with Crippen molar-refractivity contribution in [2.24, 2.45) is 0 Å². The highest BCUT2D eigenvalue weighted by molar-refractivity contribution is 5.83. The molecule has 0 aliphatic heterocycles. The molecule has 0 nitrogen and oxygen atoms in total. The van der Waals surface area contributed by atoms with Gasteiger partial charge in [0.05, 0.1) is 16.7 Å². The number of hydrogen-bond donors (Lipinski definition) is 0. The smallest absolute Gasteiger partial charge is 0.170 e. The molecule has 0 amide bonds. The van der Waals surface area contributed by atoms with Gasteiger partial charge in [-0.1, -0.05) is 41.5 Å². The van der Waals surface area contributed by atoms with Crippen LogP contribution in [0, 0.1) is 76.7 Å². The van der Waals surface area contributed by atoms with Gasteiger partial charge in [-0.15, -0.1) is 0 Å². The maximum atomic E-state index is 15.4. The van der Waals surface area contributed by atoms with Crippen molar-refractivity contribution in [3.05, 3.63) is 105 Å². The van der Waals surface area contributed by atoms with Gasteiger partial charge in [-0.2, -0.15) is 0 Å². The summed E-state index contributed by atoms with van der Waals surface area (Å²) in [5.41, 5.74) is -10.9. The first-order chi connectivity index (χ1) is 21.5. The van der Waals surface area contributed by atoms with Crippen LogP contribution in [-0.2, 0) is 0 Å². The molecule has 0 N–H and O–H groups in total. The van der Waals surface area contributed by atoms with E-state index in [9.17, 15) is 17.6 Å². The molecule has 0 fully saturated rings. The highest BCUT2D eigenvalue weighted by Crippen LogP contribution is 2.43. The van der Waals surface area contributed by atoms with Crippen molar-refractivity contribution < 1.29 is 52.7 Å². The van der Waals surface area contributed by atoms with Crippen LogP contribution in [0.4, 0.5) is 52.7 Å². The Balaban J connectivity index is 0.00000282. The molecule has 0 bridgehead atoms. The predicted molar refractivity (Wildman–Crippen MR) is 151 cm³/mol. The van der Waals surface area contributed by atoms with Crippen molar-refractivity contribution in [3.63, 3.8) is 0 Å². The largest absolute Gasteiger partial charge is 0.203 e. The molecule has 0 radical (unpaired) electrons. The molecule has 4 rings (SSSR count). The number of hydrogen-bond acceptors (Lipinski definition) is 0. The normalized spacial score (nSPS) is 12.0. The molecule has 0 saturated heterocycles. The van der Waals surface area contributed by atoms with E-state index in [2.05, 4.69) is 0 Å². The Bertz CT molecular complexity index is 1740. The zero-order valence-electron chi connectivity index (χ0n) is 25.6. The third kappa shape index (κ3) is 5.86. The first kappa shape index (κ1) is 36.5. The lowest BCUT2D eigenvalue weighted by atomic mass is 9.88. The zero-order valence-corrected chi connectivity index (χ0v) is 25.6. The summed E-state index contributed by atoms with van der Waals surface area (Å²) in [7, 11) is 0. The first-order valence-electron chi connectivity index (χ1n) is 14.2. The predicted octanol–water partition coefficient (Wildman–Crippen LogP) is 12.3. The Morgan fingerprint density at radius 3 is 0.957 bits per heavy atom. The monoisotopic (exact) mass is 664 g/mol. The number of benzene rings is 4. The summed E-state index contributed by atoms with van der Waals surface area (Å²) in [6.45, 7) is 9.84. The molecule has 1 unspecified atom stereocenters. The summed E-state index contributed by atoms with van der Waals surface area (Å²) in [6.07, 6.45) is 0.0386. The summed E-state index contributed by atoms with van der Waals surface area (Å²) in [5, 5.41) is 0. The van der Waals surface area contributed by atoms with Crippen LogP contribution in [0.25, 0.3) is 33.4 Å². The second-order valence-corrected chi connectivity index (χ2v) is 10.6. The Hall–Kier alpha value is -3.96. The molecule has 4 aromatic carbocycles. The summed E-state index contributed by atoms with van der Waals surface area (Å²) < 4.78 is 181. The van der Waals surface area contributed by atoms with Gasteiger partial charge in [-0.3, -0.25) is 0 Å². The second-order valence-electron chi connectivity index (χ2n) is 10.6. The molecule has 0 spiro atoms.